The Morgan fingerprint density at radius 1 is 0.875 bits per heavy atom. The van der Waals surface area contributed by atoms with E-state index >= 15 is 0 Å². The molecule has 0 amide bonds. The van der Waals surface area contributed by atoms with Crippen molar-refractivity contribution in [1.82, 2.24) is 0 Å². The monoisotopic (exact) mass is 326 g/mol. The number of benzene rings is 2. The van der Waals surface area contributed by atoms with Crippen molar-refractivity contribution in [1.29, 1.82) is 0 Å². The summed E-state index contributed by atoms with van der Waals surface area (Å²) in [5, 5.41) is 0. The van der Waals surface area contributed by atoms with E-state index in [1.165, 1.54) is 0 Å². The maximum atomic E-state index is 11.8. The zero-order valence-corrected chi connectivity index (χ0v) is 13.8. The van der Waals surface area contributed by atoms with Gasteiger partial charge >= 0.3 is 11.9 Å². The summed E-state index contributed by atoms with van der Waals surface area (Å²) < 4.78 is 10.3. The Labute approximate surface area is 142 Å². The molecule has 4 heteroatoms. The SMILES string of the molecule is CC(Cc1ccccc1)OC(=O)CC(=O)OCCc1ccccc1. The molecule has 1 unspecified atom stereocenters. The minimum Gasteiger partial charge on any atom is -0.465 e. The maximum Gasteiger partial charge on any atom is 0.317 e. The third-order valence-corrected chi connectivity index (χ3v) is 3.48. The van der Waals surface area contributed by atoms with Crippen LogP contribution in [0.1, 0.15) is 24.5 Å². The molecule has 0 saturated carbocycles. The van der Waals surface area contributed by atoms with Crippen molar-refractivity contribution in [3.63, 3.8) is 0 Å². The fraction of sp³-hybridized carbons (Fsp3) is 0.300. The predicted octanol–water partition coefficient (Wildman–Crippen LogP) is 3.34. The van der Waals surface area contributed by atoms with Crippen LogP contribution in [0, 0.1) is 0 Å². The van der Waals surface area contributed by atoms with Crippen LogP contribution in [0.2, 0.25) is 0 Å². The lowest BCUT2D eigenvalue weighted by Crippen LogP contribution is -2.21. The van der Waals surface area contributed by atoms with Gasteiger partial charge in [-0.05, 0) is 18.1 Å². The van der Waals surface area contributed by atoms with E-state index in [0.717, 1.165) is 11.1 Å². The minimum atomic E-state index is -0.553. The molecule has 0 bridgehead atoms. The second-order valence-electron chi connectivity index (χ2n) is 5.62. The van der Waals surface area contributed by atoms with Crippen LogP contribution in [-0.4, -0.2) is 24.6 Å². The van der Waals surface area contributed by atoms with Gasteiger partial charge in [0.25, 0.3) is 0 Å². The first kappa shape index (κ1) is 17.7. The lowest BCUT2D eigenvalue weighted by molar-refractivity contribution is -0.157. The maximum absolute atomic E-state index is 11.8. The highest BCUT2D eigenvalue weighted by atomic mass is 16.6. The zero-order chi connectivity index (χ0) is 17.2. The molecule has 0 radical (unpaired) electrons. The average Bonchev–Trinajstić information content (AvgIpc) is 2.56. The summed E-state index contributed by atoms with van der Waals surface area (Å²) in [6.45, 7) is 2.07. The van der Waals surface area contributed by atoms with Gasteiger partial charge in [-0.2, -0.15) is 0 Å². The predicted molar refractivity (Wildman–Crippen MR) is 91.4 cm³/mol. The second kappa shape index (κ2) is 9.50. The summed E-state index contributed by atoms with van der Waals surface area (Å²) >= 11 is 0. The Hall–Kier alpha value is -2.62. The molecule has 0 aliphatic heterocycles. The summed E-state index contributed by atoms with van der Waals surface area (Å²) in [5.74, 6) is -1.11. The number of ether oxygens (including phenoxy) is 2. The highest BCUT2D eigenvalue weighted by Crippen LogP contribution is 2.07. The van der Waals surface area contributed by atoms with Crippen LogP contribution in [0.25, 0.3) is 0 Å². The summed E-state index contributed by atoms with van der Waals surface area (Å²) in [5.41, 5.74) is 2.17. The van der Waals surface area contributed by atoms with Crippen molar-refractivity contribution >= 4 is 11.9 Å². The van der Waals surface area contributed by atoms with E-state index in [4.69, 9.17) is 9.47 Å². The molecule has 0 saturated heterocycles. The number of hydrogen-bond acceptors (Lipinski definition) is 4. The van der Waals surface area contributed by atoms with Crippen LogP contribution in [0.5, 0.6) is 0 Å². The van der Waals surface area contributed by atoms with E-state index < -0.39 is 11.9 Å². The van der Waals surface area contributed by atoms with Crippen LogP contribution in [0.3, 0.4) is 0 Å². The lowest BCUT2D eigenvalue weighted by atomic mass is 10.1. The van der Waals surface area contributed by atoms with Gasteiger partial charge in [0.05, 0.1) is 6.61 Å². The van der Waals surface area contributed by atoms with Gasteiger partial charge in [0.2, 0.25) is 0 Å². The highest BCUT2D eigenvalue weighted by Gasteiger charge is 2.15. The van der Waals surface area contributed by atoms with E-state index in [1.54, 1.807) is 0 Å². The fourth-order valence-electron chi connectivity index (χ4n) is 2.35. The average molecular weight is 326 g/mol. The standard InChI is InChI=1S/C20H22O4/c1-16(14-18-10-6-3-7-11-18)24-20(22)15-19(21)23-13-12-17-8-4-2-5-9-17/h2-11,16H,12-15H2,1H3. The minimum absolute atomic E-state index is 0.260. The Morgan fingerprint density at radius 2 is 1.46 bits per heavy atom. The largest absolute Gasteiger partial charge is 0.465 e. The molecule has 0 aliphatic carbocycles. The molecule has 0 aliphatic rings. The fourth-order valence-corrected chi connectivity index (χ4v) is 2.35. The Morgan fingerprint density at radius 3 is 2.08 bits per heavy atom. The number of carbonyl (C=O) groups is 2. The molecule has 0 spiro atoms. The number of hydrogen-bond donors (Lipinski definition) is 0. The number of rotatable bonds is 8. The van der Waals surface area contributed by atoms with E-state index in [2.05, 4.69) is 0 Å². The molecule has 2 aromatic carbocycles. The summed E-state index contributed by atoms with van der Waals surface area (Å²) in [7, 11) is 0. The van der Waals surface area contributed by atoms with Crippen LogP contribution in [-0.2, 0) is 31.9 Å². The first-order chi connectivity index (χ1) is 11.6. The molecule has 126 valence electrons. The van der Waals surface area contributed by atoms with E-state index in [-0.39, 0.29) is 19.1 Å². The molecule has 4 nitrogen and oxygen atoms in total. The van der Waals surface area contributed by atoms with Crippen molar-refractivity contribution in [2.45, 2.75) is 32.3 Å². The summed E-state index contributed by atoms with van der Waals surface area (Å²) in [6, 6.07) is 19.5. The highest BCUT2D eigenvalue weighted by molar-refractivity contribution is 5.91. The number of esters is 2. The van der Waals surface area contributed by atoms with Gasteiger partial charge in [0.1, 0.15) is 12.5 Å². The zero-order valence-electron chi connectivity index (χ0n) is 13.8. The lowest BCUT2D eigenvalue weighted by Gasteiger charge is -2.13. The van der Waals surface area contributed by atoms with E-state index in [0.29, 0.717) is 12.8 Å². The molecule has 2 rings (SSSR count). The molecule has 0 fully saturated rings. The van der Waals surface area contributed by atoms with Crippen molar-refractivity contribution in [2.24, 2.45) is 0 Å². The van der Waals surface area contributed by atoms with Crippen molar-refractivity contribution < 1.29 is 19.1 Å². The first-order valence-electron chi connectivity index (χ1n) is 8.06. The molecular weight excluding hydrogens is 304 g/mol. The van der Waals surface area contributed by atoms with E-state index in [1.807, 2.05) is 67.6 Å². The van der Waals surface area contributed by atoms with Gasteiger partial charge in [-0.25, -0.2) is 0 Å². The van der Waals surface area contributed by atoms with Crippen LogP contribution in [0.4, 0.5) is 0 Å². The summed E-state index contributed by atoms with van der Waals surface area (Å²) in [6.07, 6.45) is 0.618. The van der Waals surface area contributed by atoms with Crippen LogP contribution in [0.15, 0.2) is 60.7 Å². The van der Waals surface area contributed by atoms with Crippen LogP contribution < -0.4 is 0 Å². The van der Waals surface area contributed by atoms with Gasteiger partial charge < -0.3 is 9.47 Å². The van der Waals surface area contributed by atoms with Gasteiger partial charge in [-0.3, -0.25) is 9.59 Å². The summed E-state index contributed by atoms with van der Waals surface area (Å²) in [4.78, 5) is 23.4. The number of carbonyl (C=O) groups excluding carboxylic acids is 2. The van der Waals surface area contributed by atoms with Crippen LogP contribution >= 0.6 is 0 Å². The van der Waals surface area contributed by atoms with Crippen molar-refractivity contribution in [3.8, 4) is 0 Å². The Bertz CT molecular complexity index is 637. The van der Waals surface area contributed by atoms with Crippen molar-refractivity contribution in [3.05, 3.63) is 71.8 Å². The molecule has 0 N–H and O–H groups in total. The molecule has 24 heavy (non-hydrogen) atoms. The topological polar surface area (TPSA) is 52.6 Å². The van der Waals surface area contributed by atoms with Crippen molar-refractivity contribution in [2.75, 3.05) is 6.61 Å². The molecule has 1 atom stereocenters. The third kappa shape index (κ3) is 6.65. The molecule has 2 aromatic rings. The van der Waals surface area contributed by atoms with E-state index in [9.17, 15) is 9.59 Å². The second-order valence-corrected chi connectivity index (χ2v) is 5.62. The molecular formula is C20H22O4. The third-order valence-electron chi connectivity index (χ3n) is 3.48. The van der Waals surface area contributed by atoms with Gasteiger partial charge in [0.15, 0.2) is 0 Å². The molecule has 0 aromatic heterocycles. The Balaban J connectivity index is 1.65. The quantitative estimate of drug-likeness (QED) is 0.551. The Kier molecular flexibility index (Phi) is 7.02. The normalized spacial score (nSPS) is 11.5. The van der Waals surface area contributed by atoms with Gasteiger partial charge in [-0.15, -0.1) is 0 Å². The molecule has 0 heterocycles. The first-order valence-corrected chi connectivity index (χ1v) is 8.06. The van der Waals surface area contributed by atoms with Gasteiger partial charge in [0, 0.05) is 12.8 Å². The smallest absolute Gasteiger partial charge is 0.317 e. The van der Waals surface area contributed by atoms with Gasteiger partial charge in [-0.1, -0.05) is 60.7 Å².